The standard InChI is InChI=1S/C11H23N3O3S/c1-8(2)14-18(16,17)6-5-13-11(15)9-3-4-10(12)7-9/h8-10,14H,3-7,12H2,1-2H3,(H,13,15). The highest BCUT2D eigenvalue weighted by molar-refractivity contribution is 7.89. The third-order valence-electron chi connectivity index (χ3n) is 2.93. The summed E-state index contributed by atoms with van der Waals surface area (Å²) >= 11 is 0. The molecule has 4 N–H and O–H groups in total. The summed E-state index contributed by atoms with van der Waals surface area (Å²) < 4.78 is 25.5. The van der Waals surface area contributed by atoms with E-state index in [1.54, 1.807) is 13.8 Å². The van der Waals surface area contributed by atoms with Gasteiger partial charge in [0, 0.05) is 24.5 Å². The molecule has 7 heteroatoms. The van der Waals surface area contributed by atoms with Crippen molar-refractivity contribution < 1.29 is 13.2 Å². The second-order valence-electron chi connectivity index (χ2n) is 5.15. The maximum absolute atomic E-state index is 11.7. The first kappa shape index (κ1) is 15.4. The SMILES string of the molecule is CC(C)NS(=O)(=O)CCNC(=O)C1CCC(N)C1. The van der Waals surface area contributed by atoms with Crippen LogP contribution in [-0.2, 0) is 14.8 Å². The highest BCUT2D eigenvalue weighted by atomic mass is 32.2. The Kier molecular flexibility index (Phi) is 5.55. The van der Waals surface area contributed by atoms with Crippen LogP contribution < -0.4 is 15.8 Å². The van der Waals surface area contributed by atoms with E-state index in [4.69, 9.17) is 5.73 Å². The van der Waals surface area contributed by atoms with Crippen LogP contribution in [0.25, 0.3) is 0 Å². The van der Waals surface area contributed by atoms with Crippen LogP contribution in [0.5, 0.6) is 0 Å². The quantitative estimate of drug-likeness (QED) is 0.612. The van der Waals surface area contributed by atoms with Gasteiger partial charge in [0.15, 0.2) is 0 Å². The van der Waals surface area contributed by atoms with Crippen molar-refractivity contribution in [1.29, 1.82) is 0 Å². The van der Waals surface area contributed by atoms with E-state index in [-0.39, 0.29) is 36.2 Å². The molecule has 0 radical (unpaired) electrons. The van der Waals surface area contributed by atoms with Crippen molar-refractivity contribution in [2.24, 2.45) is 11.7 Å². The van der Waals surface area contributed by atoms with Gasteiger partial charge < -0.3 is 11.1 Å². The number of nitrogens with two attached hydrogens (primary N) is 1. The van der Waals surface area contributed by atoms with E-state index in [0.717, 1.165) is 12.8 Å². The van der Waals surface area contributed by atoms with E-state index >= 15 is 0 Å². The second kappa shape index (κ2) is 6.49. The number of rotatable bonds is 6. The van der Waals surface area contributed by atoms with Crippen LogP contribution in [0.15, 0.2) is 0 Å². The first-order valence-corrected chi connectivity index (χ1v) is 7.98. The fraction of sp³-hybridized carbons (Fsp3) is 0.909. The molecule has 1 fully saturated rings. The van der Waals surface area contributed by atoms with Crippen molar-refractivity contribution in [2.75, 3.05) is 12.3 Å². The van der Waals surface area contributed by atoms with Crippen LogP contribution >= 0.6 is 0 Å². The van der Waals surface area contributed by atoms with Crippen molar-refractivity contribution in [3.05, 3.63) is 0 Å². The normalized spacial score (nSPS) is 24.4. The Bertz CT molecular complexity index is 381. The molecule has 6 nitrogen and oxygen atoms in total. The zero-order valence-corrected chi connectivity index (χ0v) is 11.8. The van der Waals surface area contributed by atoms with Crippen molar-refractivity contribution in [1.82, 2.24) is 10.0 Å². The van der Waals surface area contributed by atoms with E-state index in [2.05, 4.69) is 10.0 Å². The third kappa shape index (κ3) is 5.32. The van der Waals surface area contributed by atoms with E-state index < -0.39 is 10.0 Å². The molecule has 0 spiro atoms. The minimum Gasteiger partial charge on any atom is -0.355 e. The van der Waals surface area contributed by atoms with Gasteiger partial charge >= 0.3 is 0 Å². The summed E-state index contributed by atoms with van der Waals surface area (Å²) in [7, 11) is -3.30. The van der Waals surface area contributed by atoms with Crippen LogP contribution in [0.4, 0.5) is 0 Å². The van der Waals surface area contributed by atoms with Gasteiger partial charge in [-0.2, -0.15) is 0 Å². The molecule has 0 saturated heterocycles. The molecular weight excluding hydrogens is 254 g/mol. The summed E-state index contributed by atoms with van der Waals surface area (Å²) in [6, 6.07) is -0.0226. The van der Waals surface area contributed by atoms with Gasteiger partial charge in [0.1, 0.15) is 0 Å². The molecule has 0 aliphatic heterocycles. The molecule has 1 aliphatic carbocycles. The highest BCUT2D eigenvalue weighted by Crippen LogP contribution is 2.23. The van der Waals surface area contributed by atoms with Gasteiger partial charge in [-0.05, 0) is 33.1 Å². The Balaban J connectivity index is 2.27. The number of hydrogen-bond donors (Lipinski definition) is 3. The van der Waals surface area contributed by atoms with Crippen LogP contribution in [-0.4, -0.2) is 38.7 Å². The molecule has 0 aromatic rings. The largest absolute Gasteiger partial charge is 0.355 e. The van der Waals surface area contributed by atoms with Gasteiger partial charge in [-0.1, -0.05) is 0 Å². The first-order chi connectivity index (χ1) is 8.30. The Morgan fingerprint density at radius 3 is 2.56 bits per heavy atom. The molecule has 1 aliphatic rings. The van der Waals surface area contributed by atoms with Crippen LogP contribution in [0.2, 0.25) is 0 Å². The molecule has 2 unspecified atom stereocenters. The number of nitrogens with one attached hydrogen (secondary N) is 2. The van der Waals surface area contributed by atoms with Gasteiger partial charge in [0.25, 0.3) is 0 Å². The first-order valence-electron chi connectivity index (χ1n) is 6.33. The Morgan fingerprint density at radius 2 is 2.06 bits per heavy atom. The molecule has 0 aromatic heterocycles. The summed E-state index contributed by atoms with van der Waals surface area (Å²) in [4.78, 5) is 11.7. The Morgan fingerprint density at radius 1 is 1.39 bits per heavy atom. The second-order valence-corrected chi connectivity index (χ2v) is 7.03. The lowest BCUT2D eigenvalue weighted by molar-refractivity contribution is -0.124. The van der Waals surface area contributed by atoms with Crippen LogP contribution in [0.1, 0.15) is 33.1 Å². The Labute approximate surface area is 109 Å². The predicted octanol–water partition coefficient (Wildman–Crippen LogP) is -0.442. The maximum Gasteiger partial charge on any atom is 0.223 e. The van der Waals surface area contributed by atoms with E-state index in [9.17, 15) is 13.2 Å². The van der Waals surface area contributed by atoms with Gasteiger partial charge in [0.05, 0.1) is 5.75 Å². The molecule has 0 bridgehead atoms. The maximum atomic E-state index is 11.7. The number of carbonyl (C=O) groups excluding carboxylic acids is 1. The van der Waals surface area contributed by atoms with Crippen molar-refractivity contribution >= 4 is 15.9 Å². The summed E-state index contributed by atoms with van der Waals surface area (Å²) in [5, 5.41) is 2.66. The van der Waals surface area contributed by atoms with E-state index in [0.29, 0.717) is 6.42 Å². The molecule has 106 valence electrons. The van der Waals surface area contributed by atoms with Crippen molar-refractivity contribution in [2.45, 2.75) is 45.2 Å². The zero-order chi connectivity index (χ0) is 13.8. The smallest absolute Gasteiger partial charge is 0.223 e. The predicted molar refractivity (Wildman–Crippen MR) is 70.4 cm³/mol. The van der Waals surface area contributed by atoms with Gasteiger partial charge in [-0.15, -0.1) is 0 Å². The molecule has 1 saturated carbocycles. The fourth-order valence-corrected chi connectivity index (χ4v) is 3.33. The summed E-state index contributed by atoms with van der Waals surface area (Å²) in [6.45, 7) is 3.67. The van der Waals surface area contributed by atoms with E-state index in [1.165, 1.54) is 0 Å². The van der Waals surface area contributed by atoms with Gasteiger partial charge in [0.2, 0.25) is 15.9 Å². The Hall–Kier alpha value is -0.660. The highest BCUT2D eigenvalue weighted by Gasteiger charge is 2.27. The van der Waals surface area contributed by atoms with Crippen molar-refractivity contribution in [3.8, 4) is 0 Å². The summed E-state index contributed by atoms with van der Waals surface area (Å²) in [6.07, 6.45) is 2.36. The molecule has 0 aromatic carbocycles. The summed E-state index contributed by atoms with van der Waals surface area (Å²) in [5.41, 5.74) is 5.73. The number of hydrogen-bond acceptors (Lipinski definition) is 4. The number of sulfonamides is 1. The molecule has 1 amide bonds. The lowest BCUT2D eigenvalue weighted by atomic mass is 10.1. The minimum absolute atomic E-state index is 0.0548. The third-order valence-corrected chi connectivity index (χ3v) is 4.50. The molecular formula is C11H23N3O3S. The van der Waals surface area contributed by atoms with Crippen LogP contribution in [0, 0.1) is 5.92 Å². The molecule has 2 atom stereocenters. The fourth-order valence-electron chi connectivity index (χ4n) is 2.13. The monoisotopic (exact) mass is 277 g/mol. The van der Waals surface area contributed by atoms with Crippen LogP contribution in [0.3, 0.4) is 0 Å². The number of carbonyl (C=O) groups is 1. The topological polar surface area (TPSA) is 101 Å². The minimum atomic E-state index is -3.30. The average Bonchev–Trinajstić information content (AvgIpc) is 2.62. The zero-order valence-electron chi connectivity index (χ0n) is 11.0. The lowest BCUT2D eigenvalue weighted by Gasteiger charge is -2.12. The average molecular weight is 277 g/mol. The lowest BCUT2D eigenvalue weighted by Crippen LogP contribution is -2.38. The summed E-state index contributed by atoms with van der Waals surface area (Å²) in [5.74, 6) is -0.223. The molecule has 0 heterocycles. The van der Waals surface area contributed by atoms with Gasteiger partial charge in [-0.3, -0.25) is 4.79 Å². The van der Waals surface area contributed by atoms with Gasteiger partial charge in [-0.25, -0.2) is 13.1 Å². The molecule has 18 heavy (non-hydrogen) atoms. The number of amides is 1. The van der Waals surface area contributed by atoms with Crippen molar-refractivity contribution in [3.63, 3.8) is 0 Å². The van der Waals surface area contributed by atoms with E-state index in [1.807, 2.05) is 0 Å². The molecule has 1 rings (SSSR count).